The summed E-state index contributed by atoms with van der Waals surface area (Å²) in [4.78, 5) is 21.4. The number of ether oxygens (including phenoxy) is 1. The fraction of sp³-hybridized carbons (Fsp3) is 0.417. The molecule has 0 amide bonds. The molecule has 1 rings (SSSR count). The molecule has 0 radical (unpaired) electrons. The van der Waals surface area contributed by atoms with Crippen molar-refractivity contribution in [2.24, 2.45) is 0 Å². The highest BCUT2D eigenvalue weighted by atomic mass is 79.9. The number of sulfonamides is 1. The van der Waals surface area contributed by atoms with Crippen molar-refractivity contribution in [3.8, 4) is 0 Å². The van der Waals surface area contributed by atoms with Crippen LogP contribution in [0.3, 0.4) is 0 Å². The van der Waals surface area contributed by atoms with E-state index in [0.717, 1.165) is 23.5 Å². The summed E-state index contributed by atoms with van der Waals surface area (Å²) in [6.07, 6.45) is 0. The third kappa shape index (κ3) is 3.81. The number of nitro groups is 1. The Balaban J connectivity index is 3.41. The highest BCUT2D eigenvalue weighted by Gasteiger charge is 2.36. The van der Waals surface area contributed by atoms with Gasteiger partial charge < -0.3 is 4.74 Å². The number of benzene rings is 1. The molecule has 0 spiro atoms. The second-order valence-electron chi connectivity index (χ2n) is 4.23. The van der Waals surface area contributed by atoms with Crippen molar-refractivity contribution in [1.82, 2.24) is 4.31 Å². The zero-order valence-electron chi connectivity index (χ0n) is 11.9. The molecule has 0 saturated carbocycles. The number of hydrogen-bond acceptors (Lipinski definition) is 6. The summed E-state index contributed by atoms with van der Waals surface area (Å²) in [6.45, 7) is 1.32. The molecular weight excluding hydrogens is 380 g/mol. The number of para-hydroxylation sites is 1. The van der Waals surface area contributed by atoms with Gasteiger partial charge in [0, 0.05) is 17.9 Å². The minimum absolute atomic E-state index is 0.0371. The summed E-state index contributed by atoms with van der Waals surface area (Å²) in [5.41, 5.74) is -0.542. The molecule has 1 atom stereocenters. The number of methoxy groups -OCH3 is 1. The monoisotopic (exact) mass is 394 g/mol. The molecule has 1 aromatic carbocycles. The number of esters is 1. The van der Waals surface area contributed by atoms with E-state index in [9.17, 15) is 23.3 Å². The first kappa shape index (κ1) is 18.5. The van der Waals surface area contributed by atoms with Gasteiger partial charge in [-0.15, -0.1) is 0 Å². The number of nitro benzene ring substituents is 1. The molecule has 22 heavy (non-hydrogen) atoms. The van der Waals surface area contributed by atoms with E-state index in [-0.39, 0.29) is 11.9 Å². The number of nitrogens with zero attached hydrogens (tertiary/aromatic N) is 2. The second-order valence-corrected chi connectivity index (χ2v) is 6.88. The van der Waals surface area contributed by atoms with E-state index >= 15 is 0 Å². The number of hydrogen-bond donors (Lipinski definition) is 0. The molecule has 122 valence electrons. The maximum atomic E-state index is 12.7. The van der Waals surface area contributed by atoms with Crippen molar-refractivity contribution >= 4 is 37.6 Å². The summed E-state index contributed by atoms with van der Waals surface area (Å²) in [5, 5.41) is 11.3. The van der Waals surface area contributed by atoms with E-state index in [1.165, 1.54) is 19.1 Å². The Hall–Kier alpha value is -1.52. The Kier molecular flexibility index (Phi) is 6.45. The molecule has 10 heteroatoms. The van der Waals surface area contributed by atoms with Gasteiger partial charge in [-0.1, -0.05) is 28.1 Å². The summed E-state index contributed by atoms with van der Waals surface area (Å²) in [5.74, 6) is -0.747. The Morgan fingerprint density at radius 3 is 2.55 bits per heavy atom. The van der Waals surface area contributed by atoms with Crippen molar-refractivity contribution in [2.75, 3.05) is 19.0 Å². The van der Waals surface area contributed by atoms with Crippen molar-refractivity contribution < 1.29 is 22.9 Å². The van der Waals surface area contributed by atoms with E-state index in [4.69, 9.17) is 0 Å². The Labute approximate surface area is 136 Å². The van der Waals surface area contributed by atoms with Crippen LogP contribution < -0.4 is 0 Å². The van der Waals surface area contributed by atoms with Gasteiger partial charge in [0.1, 0.15) is 6.04 Å². The Bertz CT molecular complexity index is 663. The number of carbonyl (C=O) groups is 1. The number of alkyl halides is 1. The largest absolute Gasteiger partial charge is 0.468 e. The molecule has 0 N–H and O–H groups in total. The maximum Gasteiger partial charge on any atom is 0.323 e. The van der Waals surface area contributed by atoms with Crippen LogP contribution >= 0.6 is 15.9 Å². The molecule has 0 aliphatic carbocycles. The van der Waals surface area contributed by atoms with Crippen molar-refractivity contribution in [3.63, 3.8) is 0 Å². The van der Waals surface area contributed by atoms with Gasteiger partial charge in [0.25, 0.3) is 15.7 Å². The number of rotatable bonds is 7. The quantitative estimate of drug-likeness (QED) is 0.300. The minimum atomic E-state index is -4.23. The third-order valence-electron chi connectivity index (χ3n) is 2.93. The first-order chi connectivity index (χ1) is 10.3. The van der Waals surface area contributed by atoms with Crippen molar-refractivity contribution in [3.05, 3.63) is 34.4 Å². The van der Waals surface area contributed by atoms with Crippen LogP contribution in [-0.4, -0.2) is 48.6 Å². The molecule has 0 heterocycles. The summed E-state index contributed by atoms with van der Waals surface area (Å²) in [6, 6.07) is 3.89. The molecule has 0 bridgehead atoms. The van der Waals surface area contributed by atoms with Gasteiger partial charge in [-0.3, -0.25) is 14.9 Å². The van der Waals surface area contributed by atoms with Gasteiger partial charge in [-0.05, 0) is 13.0 Å². The maximum absolute atomic E-state index is 12.7. The van der Waals surface area contributed by atoms with Crippen LogP contribution in [0, 0.1) is 10.1 Å². The molecule has 0 aromatic heterocycles. The van der Waals surface area contributed by atoms with Gasteiger partial charge in [-0.2, -0.15) is 4.31 Å². The highest BCUT2D eigenvalue weighted by Crippen LogP contribution is 2.27. The van der Waals surface area contributed by atoms with Crippen molar-refractivity contribution in [1.29, 1.82) is 0 Å². The summed E-state index contributed by atoms with van der Waals surface area (Å²) < 4.78 is 30.8. The van der Waals surface area contributed by atoms with Crippen molar-refractivity contribution in [2.45, 2.75) is 17.9 Å². The molecule has 0 aliphatic heterocycles. The predicted molar refractivity (Wildman–Crippen MR) is 82.3 cm³/mol. The average Bonchev–Trinajstić information content (AvgIpc) is 2.50. The van der Waals surface area contributed by atoms with E-state index in [1.54, 1.807) is 0 Å². The lowest BCUT2D eigenvalue weighted by Gasteiger charge is -2.25. The minimum Gasteiger partial charge on any atom is -0.468 e. The predicted octanol–water partition coefficient (Wildman–Crippen LogP) is 1.54. The summed E-state index contributed by atoms with van der Waals surface area (Å²) >= 11 is 3.11. The van der Waals surface area contributed by atoms with E-state index in [1.807, 2.05) is 0 Å². The molecule has 1 aromatic rings. The molecule has 0 saturated heterocycles. The van der Waals surface area contributed by atoms with E-state index in [0.29, 0.717) is 0 Å². The fourth-order valence-corrected chi connectivity index (χ4v) is 4.21. The molecule has 0 fully saturated rings. The molecular formula is C12H15BrN2O6S. The van der Waals surface area contributed by atoms with Crippen LogP contribution in [0.4, 0.5) is 5.69 Å². The molecule has 8 nitrogen and oxygen atoms in total. The lowest BCUT2D eigenvalue weighted by atomic mass is 10.3. The first-order valence-corrected chi connectivity index (χ1v) is 8.72. The SMILES string of the molecule is COC(=O)[C@H](C)N(CCBr)S(=O)(=O)c1ccccc1[N+](=O)[O-]. The van der Waals surface area contributed by atoms with Gasteiger partial charge >= 0.3 is 5.97 Å². The van der Waals surface area contributed by atoms with Crippen LogP contribution in [0.15, 0.2) is 29.2 Å². The Morgan fingerprint density at radius 2 is 2.05 bits per heavy atom. The van der Waals surface area contributed by atoms with Gasteiger partial charge in [0.2, 0.25) is 0 Å². The zero-order chi connectivity index (χ0) is 16.9. The van der Waals surface area contributed by atoms with E-state index in [2.05, 4.69) is 20.7 Å². The topological polar surface area (TPSA) is 107 Å². The summed E-state index contributed by atoms with van der Waals surface area (Å²) in [7, 11) is -3.09. The van der Waals surface area contributed by atoms with Crippen LogP contribution in [0.25, 0.3) is 0 Å². The second kappa shape index (κ2) is 7.65. The van der Waals surface area contributed by atoms with Gasteiger partial charge in [-0.25, -0.2) is 8.42 Å². The van der Waals surface area contributed by atoms with E-state index < -0.39 is 37.5 Å². The van der Waals surface area contributed by atoms with Crippen LogP contribution in [0.5, 0.6) is 0 Å². The highest BCUT2D eigenvalue weighted by molar-refractivity contribution is 9.09. The number of carbonyl (C=O) groups excluding carboxylic acids is 1. The zero-order valence-corrected chi connectivity index (χ0v) is 14.3. The standard InChI is InChI=1S/C12H15BrN2O6S/c1-9(12(16)21-2)14(8-7-13)22(19,20)11-6-4-3-5-10(11)15(17)18/h3-6,9H,7-8H2,1-2H3/t9-/m0/s1. The molecule has 0 aliphatic rings. The third-order valence-corrected chi connectivity index (χ3v) is 5.30. The molecule has 0 unspecified atom stereocenters. The first-order valence-electron chi connectivity index (χ1n) is 6.16. The van der Waals surface area contributed by atoms with Crippen LogP contribution in [0.2, 0.25) is 0 Å². The van der Waals surface area contributed by atoms with Crippen LogP contribution in [-0.2, 0) is 19.6 Å². The lowest BCUT2D eigenvalue weighted by Crippen LogP contribution is -2.44. The fourth-order valence-electron chi connectivity index (χ4n) is 1.85. The Morgan fingerprint density at radius 1 is 1.45 bits per heavy atom. The average molecular weight is 395 g/mol. The van der Waals surface area contributed by atoms with Crippen LogP contribution in [0.1, 0.15) is 6.92 Å². The van der Waals surface area contributed by atoms with Gasteiger partial charge in [0.15, 0.2) is 4.90 Å². The normalized spacial score (nSPS) is 12.9. The van der Waals surface area contributed by atoms with Gasteiger partial charge in [0.05, 0.1) is 12.0 Å². The smallest absolute Gasteiger partial charge is 0.323 e. The number of halogens is 1. The lowest BCUT2D eigenvalue weighted by molar-refractivity contribution is -0.387.